The molecule has 1 saturated carbocycles. The normalized spacial score (nSPS) is 19.2. The summed E-state index contributed by atoms with van der Waals surface area (Å²) in [4.78, 5) is 37.0. The third-order valence-corrected chi connectivity index (χ3v) is 4.77. The summed E-state index contributed by atoms with van der Waals surface area (Å²) in [6.07, 6.45) is 1.70. The van der Waals surface area contributed by atoms with Gasteiger partial charge in [0, 0.05) is 17.0 Å². The zero-order chi connectivity index (χ0) is 17.0. The number of hydrogen-bond donors (Lipinski definition) is 0. The number of ketones is 1. The molecular weight excluding hydrogens is 320 g/mol. The van der Waals surface area contributed by atoms with Crippen molar-refractivity contribution in [3.05, 3.63) is 34.9 Å². The van der Waals surface area contributed by atoms with E-state index in [1.807, 2.05) is 0 Å². The lowest BCUT2D eigenvalue weighted by molar-refractivity contribution is -0.172. The minimum absolute atomic E-state index is 0.0891. The highest BCUT2D eigenvalue weighted by Crippen LogP contribution is 2.47. The number of rotatable bonds is 5. The summed E-state index contributed by atoms with van der Waals surface area (Å²) in [6.45, 7) is 0. The summed E-state index contributed by atoms with van der Waals surface area (Å²) in [6, 6.07) is 6.55. The number of hydrogen-bond acceptors (Lipinski definition) is 5. The molecule has 1 fully saturated rings. The van der Waals surface area contributed by atoms with Crippen LogP contribution >= 0.6 is 11.6 Å². The molecule has 1 aliphatic rings. The van der Waals surface area contributed by atoms with Gasteiger partial charge in [-0.2, -0.15) is 0 Å². The maximum Gasteiger partial charge on any atom is 0.323 e. The number of carbonyl (C=O) groups is 3. The molecule has 124 valence electrons. The van der Waals surface area contributed by atoms with Crippen LogP contribution in [0.3, 0.4) is 0 Å². The largest absolute Gasteiger partial charge is 0.468 e. The van der Waals surface area contributed by atoms with Crippen LogP contribution in [0, 0.1) is 11.3 Å². The summed E-state index contributed by atoms with van der Waals surface area (Å²) < 4.78 is 9.65. The molecule has 0 N–H and O–H groups in total. The molecule has 6 heteroatoms. The first-order valence-corrected chi connectivity index (χ1v) is 7.79. The molecule has 0 amide bonds. The quantitative estimate of drug-likeness (QED) is 0.469. The highest BCUT2D eigenvalue weighted by molar-refractivity contribution is 6.30. The van der Waals surface area contributed by atoms with Crippen LogP contribution in [0.2, 0.25) is 5.02 Å². The van der Waals surface area contributed by atoms with E-state index in [9.17, 15) is 14.4 Å². The van der Waals surface area contributed by atoms with E-state index in [0.717, 1.165) is 0 Å². The van der Waals surface area contributed by atoms with Crippen molar-refractivity contribution >= 4 is 29.3 Å². The highest BCUT2D eigenvalue weighted by Gasteiger charge is 2.57. The number of Topliss-reactive ketones (excluding diaryl/α,β-unsaturated/α-hetero) is 1. The summed E-state index contributed by atoms with van der Waals surface area (Å²) in [7, 11) is 2.48. The number of benzene rings is 1. The standard InChI is InChI=1S/C17H19ClO5/c1-22-15(20)17(16(21)23-2)9-3-4-12(17)10-14(19)11-5-7-13(18)8-6-11/h5-8,12H,3-4,9-10H2,1-2H3/t12-/m0/s1. The van der Waals surface area contributed by atoms with E-state index in [4.69, 9.17) is 21.1 Å². The number of methoxy groups -OCH3 is 2. The van der Waals surface area contributed by atoms with Gasteiger partial charge in [0.1, 0.15) is 0 Å². The second-order valence-electron chi connectivity index (χ2n) is 5.68. The van der Waals surface area contributed by atoms with Crippen LogP contribution in [0.15, 0.2) is 24.3 Å². The first kappa shape index (κ1) is 17.5. The van der Waals surface area contributed by atoms with E-state index in [2.05, 4.69) is 0 Å². The van der Waals surface area contributed by atoms with E-state index in [1.54, 1.807) is 24.3 Å². The SMILES string of the molecule is COC(=O)C1(C(=O)OC)CCC[C@H]1CC(=O)c1ccc(Cl)cc1. The highest BCUT2D eigenvalue weighted by atomic mass is 35.5. The predicted molar refractivity (Wildman–Crippen MR) is 84.2 cm³/mol. The van der Waals surface area contributed by atoms with Crippen LogP contribution in [-0.4, -0.2) is 31.9 Å². The Morgan fingerprint density at radius 3 is 2.22 bits per heavy atom. The van der Waals surface area contributed by atoms with E-state index in [0.29, 0.717) is 29.8 Å². The van der Waals surface area contributed by atoms with Crippen LogP contribution in [0.5, 0.6) is 0 Å². The Bertz CT molecular complexity index is 592. The van der Waals surface area contributed by atoms with Crippen molar-refractivity contribution in [2.45, 2.75) is 25.7 Å². The minimum atomic E-state index is -1.38. The number of carbonyl (C=O) groups excluding carboxylic acids is 3. The van der Waals surface area contributed by atoms with Gasteiger partial charge in [-0.25, -0.2) is 0 Å². The molecule has 0 bridgehead atoms. The molecule has 5 nitrogen and oxygen atoms in total. The van der Waals surface area contributed by atoms with Gasteiger partial charge in [0.15, 0.2) is 11.2 Å². The zero-order valence-electron chi connectivity index (χ0n) is 13.1. The Hall–Kier alpha value is -1.88. The fourth-order valence-electron chi connectivity index (χ4n) is 3.32. The molecule has 0 radical (unpaired) electrons. The maximum absolute atomic E-state index is 12.5. The topological polar surface area (TPSA) is 69.7 Å². The van der Waals surface area contributed by atoms with E-state index in [-0.39, 0.29) is 12.2 Å². The molecule has 0 spiro atoms. The molecule has 0 unspecified atom stereocenters. The van der Waals surface area contributed by atoms with Crippen molar-refractivity contribution in [1.82, 2.24) is 0 Å². The van der Waals surface area contributed by atoms with Crippen LogP contribution in [-0.2, 0) is 19.1 Å². The van der Waals surface area contributed by atoms with Crippen molar-refractivity contribution in [2.75, 3.05) is 14.2 Å². The molecule has 1 atom stereocenters. The van der Waals surface area contributed by atoms with Crippen molar-refractivity contribution in [3.8, 4) is 0 Å². The first-order chi connectivity index (χ1) is 11.0. The Balaban J connectivity index is 2.25. The molecule has 1 aromatic rings. The summed E-state index contributed by atoms with van der Waals surface area (Å²) >= 11 is 5.82. The molecular formula is C17H19ClO5. The fraction of sp³-hybridized carbons (Fsp3) is 0.471. The molecule has 2 rings (SSSR count). The van der Waals surface area contributed by atoms with Crippen LogP contribution in [0.25, 0.3) is 0 Å². The van der Waals surface area contributed by atoms with Gasteiger partial charge in [-0.1, -0.05) is 18.0 Å². The van der Waals surface area contributed by atoms with E-state index >= 15 is 0 Å². The van der Waals surface area contributed by atoms with Gasteiger partial charge in [0.05, 0.1) is 14.2 Å². The lowest BCUT2D eigenvalue weighted by atomic mass is 9.75. The summed E-state index contributed by atoms with van der Waals surface area (Å²) in [5.41, 5.74) is -0.879. The monoisotopic (exact) mass is 338 g/mol. The Morgan fingerprint density at radius 1 is 1.13 bits per heavy atom. The summed E-state index contributed by atoms with van der Waals surface area (Å²) in [5.74, 6) is -1.82. The van der Waals surface area contributed by atoms with Gasteiger partial charge >= 0.3 is 11.9 Å². The molecule has 0 aliphatic heterocycles. The lowest BCUT2D eigenvalue weighted by Crippen LogP contribution is -2.44. The third kappa shape index (κ3) is 3.24. The first-order valence-electron chi connectivity index (χ1n) is 7.41. The van der Waals surface area contributed by atoms with Crippen molar-refractivity contribution in [3.63, 3.8) is 0 Å². The number of esters is 2. The molecule has 1 aromatic carbocycles. The van der Waals surface area contributed by atoms with Gasteiger partial charge in [-0.15, -0.1) is 0 Å². The van der Waals surface area contributed by atoms with E-state index < -0.39 is 23.3 Å². The number of halogens is 1. The molecule has 0 heterocycles. The zero-order valence-corrected chi connectivity index (χ0v) is 13.9. The lowest BCUT2D eigenvalue weighted by Gasteiger charge is -2.29. The molecule has 0 saturated heterocycles. The molecule has 0 aromatic heterocycles. The second-order valence-corrected chi connectivity index (χ2v) is 6.11. The van der Waals surface area contributed by atoms with Gasteiger partial charge in [-0.3, -0.25) is 14.4 Å². The van der Waals surface area contributed by atoms with E-state index in [1.165, 1.54) is 14.2 Å². The minimum Gasteiger partial charge on any atom is -0.468 e. The average Bonchev–Trinajstić information content (AvgIpc) is 2.98. The Morgan fingerprint density at radius 2 is 1.70 bits per heavy atom. The van der Waals surface area contributed by atoms with Crippen molar-refractivity contribution in [1.29, 1.82) is 0 Å². The Labute approximate surface area is 139 Å². The predicted octanol–water partition coefficient (Wildman–Crippen LogP) is 3.05. The third-order valence-electron chi connectivity index (χ3n) is 4.52. The molecule has 23 heavy (non-hydrogen) atoms. The van der Waals surface area contributed by atoms with Gasteiger partial charge in [-0.05, 0) is 43.0 Å². The van der Waals surface area contributed by atoms with Gasteiger partial charge < -0.3 is 9.47 Å². The summed E-state index contributed by atoms with van der Waals surface area (Å²) in [5, 5.41) is 0.542. The smallest absolute Gasteiger partial charge is 0.323 e. The van der Waals surface area contributed by atoms with Crippen LogP contribution in [0.4, 0.5) is 0 Å². The molecule has 1 aliphatic carbocycles. The van der Waals surface area contributed by atoms with Crippen molar-refractivity contribution < 1.29 is 23.9 Å². The van der Waals surface area contributed by atoms with Gasteiger partial charge in [0.2, 0.25) is 0 Å². The second kappa shape index (κ2) is 7.13. The van der Waals surface area contributed by atoms with Gasteiger partial charge in [0.25, 0.3) is 0 Å². The fourth-order valence-corrected chi connectivity index (χ4v) is 3.44. The van der Waals surface area contributed by atoms with Crippen LogP contribution < -0.4 is 0 Å². The van der Waals surface area contributed by atoms with Crippen LogP contribution in [0.1, 0.15) is 36.0 Å². The Kier molecular flexibility index (Phi) is 5.42. The average molecular weight is 339 g/mol. The van der Waals surface area contributed by atoms with Crippen molar-refractivity contribution in [2.24, 2.45) is 11.3 Å². The number of ether oxygens (including phenoxy) is 2. The maximum atomic E-state index is 12.5.